The molecule has 0 fully saturated rings. The topological polar surface area (TPSA) is 72.2 Å². The van der Waals surface area contributed by atoms with E-state index in [1.165, 1.54) is 22.7 Å². The van der Waals surface area contributed by atoms with Crippen molar-refractivity contribution < 1.29 is 4.79 Å². The predicted molar refractivity (Wildman–Crippen MR) is 110 cm³/mol. The third-order valence-corrected chi connectivity index (χ3v) is 6.12. The molecule has 4 rings (SSSR count). The first-order chi connectivity index (χ1) is 13.0. The molecule has 0 spiro atoms. The van der Waals surface area contributed by atoms with Crippen molar-refractivity contribution in [1.82, 2.24) is 19.6 Å². The highest BCUT2D eigenvalue weighted by Crippen LogP contribution is 2.28. The number of thiazole rings is 1. The molecule has 138 valence electrons. The van der Waals surface area contributed by atoms with E-state index >= 15 is 0 Å². The fourth-order valence-electron chi connectivity index (χ4n) is 2.80. The first-order valence-electron chi connectivity index (χ1n) is 8.69. The van der Waals surface area contributed by atoms with Crippen LogP contribution in [0.3, 0.4) is 0 Å². The highest BCUT2D eigenvalue weighted by Gasteiger charge is 2.19. The molecule has 0 bridgehead atoms. The van der Waals surface area contributed by atoms with E-state index in [0.29, 0.717) is 15.9 Å². The Balaban J connectivity index is 1.56. The predicted octanol–water partition coefficient (Wildman–Crippen LogP) is 4.67. The molecular weight excluding hydrogens is 378 g/mol. The van der Waals surface area contributed by atoms with Crippen molar-refractivity contribution in [3.8, 4) is 11.3 Å². The summed E-state index contributed by atoms with van der Waals surface area (Å²) in [6.45, 7) is 6.20. The molecule has 0 radical (unpaired) electrons. The van der Waals surface area contributed by atoms with Gasteiger partial charge in [0, 0.05) is 23.9 Å². The minimum atomic E-state index is -0.170. The fourth-order valence-corrected chi connectivity index (χ4v) is 4.75. The number of hydrogen-bond donors (Lipinski definition) is 1. The van der Waals surface area contributed by atoms with E-state index in [-0.39, 0.29) is 5.91 Å². The molecule has 0 unspecified atom stereocenters. The molecule has 4 aromatic rings. The van der Waals surface area contributed by atoms with Gasteiger partial charge in [0.25, 0.3) is 5.91 Å². The number of aromatic nitrogens is 4. The van der Waals surface area contributed by atoms with Crippen molar-refractivity contribution in [2.75, 3.05) is 5.32 Å². The summed E-state index contributed by atoms with van der Waals surface area (Å²) in [5, 5.41) is 12.6. The van der Waals surface area contributed by atoms with Crippen molar-refractivity contribution in [3.63, 3.8) is 0 Å². The Morgan fingerprint density at radius 2 is 1.96 bits per heavy atom. The van der Waals surface area contributed by atoms with E-state index in [2.05, 4.69) is 34.3 Å². The number of nitrogens with one attached hydrogen (secondary N) is 1. The zero-order valence-electron chi connectivity index (χ0n) is 15.3. The molecule has 0 aliphatic rings. The zero-order chi connectivity index (χ0) is 19.0. The maximum absolute atomic E-state index is 12.7. The van der Waals surface area contributed by atoms with E-state index in [4.69, 9.17) is 0 Å². The molecule has 1 N–H and O–H groups in total. The van der Waals surface area contributed by atoms with Crippen LogP contribution < -0.4 is 5.32 Å². The second-order valence-electron chi connectivity index (χ2n) is 6.71. The molecule has 3 heterocycles. The van der Waals surface area contributed by atoms with E-state index in [9.17, 15) is 4.79 Å². The number of anilines is 1. The summed E-state index contributed by atoms with van der Waals surface area (Å²) in [7, 11) is 0. The van der Waals surface area contributed by atoms with E-state index in [0.717, 1.165) is 33.3 Å². The average molecular weight is 398 g/mol. The number of aryl methyl sites for hydroxylation is 1. The van der Waals surface area contributed by atoms with E-state index in [1.807, 2.05) is 47.9 Å². The van der Waals surface area contributed by atoms with Crippen molar-refractivity contribution in [2.24, 2.45) is 5.92 Å². The Morgan fingerprint density at radius 1 is 1.19 bits per heavy atom. The highest BCUT2D eigenvalue weighted by atomic mass is 32.1. The molecule has 8 heteroatoms. The Hall–Kier alpha value is -2.58. The summed E-state index contributed by atoms with van der Waals surface area (Å²) in [5.41, 5.74) is 2.83. The molecule has 0 atom stereocenters. The normalized spacial score (nSPS) is 11.4. The first-order valence-corrected chi connectivity index (χ1v) is 10.3. The van der Waals surface area contributed by atoms with Crippen LogP contribution in [0.2, 0.25) is 0 Å². The van der Waals surface area contributed by atoms with E-state index in [1.54, 1.807) is 0 Å². The van der Waals surface area contributed by atoms with E-state index < -0.39 is 0 Å². The number of amides is 1. The average Bonchev–Trinajstić information content (AvgIpc) is 3.32. The van der Waals surface area contributed by atoms with Gasteiger partial charge in [-0.25, -0.2) is 4.98 Å². The molecular formula is C19H19N5OS2. The Morgan fingerprint density at radius 3 is 2.67 bits per heavy atom. The Kier molecular flexibility index (Phi) is 4.75. The molecule has 0 saturated carbocycles. The lowest BCUT2D eigenvalue weighted by atomic mass is 10.1. The molecule has 27 heavy (non-hydrogen) atoms. The highest BCUT2D eigenvalue weighted by molar-refractivity contribution is 7.19. The fraction of sp³-hybridized carbons (Fsp3) is 0.263. The van der Waals surface area contributed by atoms with Crippen LogP contribution in [-0.4, -0.2) is 25.5 Å². The number of benzene rings is 1. The molecule has 3 aromatic heterocycles. The number of nitrogens with zero attached hydrogens (tertiary/aromatic N) is 4. The van der Waals surface area contributed by atoms with Crippen molar-refractivity contribution in [3.05, 3.63) is 52.1 Å². The SMILES string of the molecule is Cc1c(C(=O)Nc2nnc(CC(C)C)s2)sc2nc(-c3ccccc3)cn12. The lowest BCUT2D eigenvalue weighted by Gasteiger charge is -2.00. The second-order valence-corrected chi connectivity index (χ2v) is 8.75. The number of carbonyl (C=O) groups excluding carboxylic acids is 1. The van der Waals surface area contributed by atoms with Gasteiger partial charge in [-0.3, -0.25) is 14.5 Å². The largest absolute Gasteiger partial charge is 0.296 e. The number of imidazole rings is 1. The first kappa shape index (κ1) is 17.8. The van der Waals surface area contributed by atoms with Crippen molar-refractivity contribution >= 4 is 38.7 Å². The third kappa shape index (κ3) is 3.63. The van der Waals surface area contributed by atoms with Gasteiger partial charge in [-0.2, -0.15) is 0 Å². The molecule has 6 nitrogen and oxygen atoms in total. The lowest BCUT2D eigenvalue weighted by Crippen LogP contribution is -2.11. The van der Waals surface area contributed by atoms with Crippen LogP contribution in [0.15, 0.2) is 36.5 Å². The van der Waals surface area contributed by atoms with Crippen molar-refractivity contribution in [1.29, 1.82) is 0 Å². The monoisotopic (exact) mass is 397 g/mol. The van der Waals surface area contributed by atoms with Gasteiger partial charge in [-0.15, -0.1) is 10.2 Å². The van der Waals surface area contributed by atoms with Gasteiger partial charge in [-0.1, -0.05) is 66.9 Å². The van der Waals surface area contributed by atoms with Gasteiger partial charge in [0.05, 0.1) is 5.69 Å². The molecule has 0 aliphatic heterocycles. The summed E-state index contributed by atoms with van der Waals surface area (Å²) < 4.78 is 1.96. The molecule has 1 amide bonds. The Labute approximate surface area is 164 Å². The minimum Gasteiger partial charge on any atom is -0.296 e. The van der Waals surface area contributed by atoms with Gasteiger partial charge in [0.1, 0.15) is 9.88 Å². The Bertz CT molecular complexity index is 1090. The summed E-state index contributed by atoms with van der Waals surface area (Å²) in [6.07, 6.45) is 2.83. The van der Waals surface area contributed by atoms with Crippen LogP contribution in [0.4, 0.5) is 5.13 Å². The minimum absolute atomic E-state index is 0.170. The van der Waals surface area contributed by atoms with Crippen molar-refractivity contribution in [2.45, 2.75) is 27.2 Å². The molecule has 0 saturated heterocycles. The van der Waals surface area contributed by atoms with Gasteiger partial charge in [0.2, 0.25) is 5.13 Å². The summed E-state index contributed by atoms with van der Waals surface area (Å²) in [6, 6.07) is 10.0. The smallest absolute Gasteiger partial charge is 0.269 e. The van der Waals surface area contributed by atoms with Crippen LogP contribution in [0, 0.1) is 12.8 Å². The number of hydrogen-bond acceptors (Lipinski definition) is 6. The molecule has 1 aromatic carbocycles. The lowest BCUT2D eigenvalue weighted by molar-refractivity contribution is 0.102. The van der Waals surface area contributed by atoms with Gasteiger partial charge in [-0.05, 0) is 12.8 Å². The van der Waals surface area contributed by atoms with Crippen LogP contribution in [0.25, 0.3) is 16.2 Å². The quantitative estimate of drug-likeness (QED) is 0.531. The second kappa shape index (κ2) is 7.21. The van der Waals surface area contributed by atoms with Gasteiger partial charge >= 0.3 is 0 Å². The van der Waals surface area contributed by atoms with Crippen LogP contribution in [0.5, 0.6) is 0 Å². The van der Waals surface area contributed by atoms with Crippen LogP contribution in [-0.2, 0) is 6.42 Å². The number of rotatable bonds is 5. The number of carbonyl (C=O) groups is 1. The molecule has 0 aliphatic carbocycles. The summed E-state index contributed by atoms with van der Waals surface area (Å²) in [4.78, 5) is 18.8. The van der Waals surface area contributed by atoms with Gasteiger partial charge in [0.15, 0.2) is 4.96 Å². The maximum Gasteiger partial charge on any atom is 0.269 e. The van der Waals surface area contributed by atoms with Crippen LogP contribution in [0.1, 0.15) is 34.2 Å². The third-order valence-electron chi connectivity index (χ3n) is 4.10. The van der Waals surface area contributed by atoms with Gasteiger partial charge < -0.3 is 0 Å². The summed E-state index contributed by atoms with van der Waals surface area (Å²) in [5.74, 6) is 0.337. The number of fused-ring (bicyclic) bond motifs is 1. The maximum atomic E-state index is 12.7. The summed E-state index contributed by atoms with van der Waals surface area (Å²) >= 11 is 2.81. The van der Waals surface area contributed by atoms with Crippen LogP contribution >= 0.6 is 22.7 Å². The zero-order valence-corrected chi connectivity index (χ0v) is 16.9. The standard InChI is InChI=1S/C19H19N5OS2/c1-11(2)9-15-22-23-18(26-15)21-17(25)16-12(3)24-10-14(20-19(24)27-16)13-7-5-4-6-8-13/h4-8,10-11H,9H2,1-3H3,(H,21,23,25).